The summed E-state index contributed by atoms with van der Waals surface area (Å²) in [5.41, 5.74) is 13.6. The average molecular weight is 651 g/mol. The molecule has 0 spiro atoms. The van der Waals surface area contributed by atoms with Crippen LogP contribution in [0.1, 0.15) is 0 Å². The molecule has 0 aliphatic rings. The van der Waals surface area contributed by atoms with Gasteiger partial charge in [-0.05, 0) is 76.9 Å². The zero-order chi connectivity index (χ0) is 33.5. The fourth-order valence-corrected chi connectivity index (χ4v) is 8.15. The van der Waals surface area contributed by atoms with Crippen LogP contribution in [0.25, 0.3) is 99.2 Å². The van der Waals surface area contributed by atoms with Crippen molar-refractivity contribution in [2.75, 3.05) is 0 Å². The van der Waals surface area contributed by atoms with E-state index in [1.807, 2.05) is 12.1 Å². The maximum absolute atomic E-state index is 6.35. The molecular formula is C48H30N2O. The quantitative estimate of drug-likeness (QED) is 0.186. The molecule has 3 nitrogen and oxygen atoms in total. The van der Waals surface area contributed by atoms with E-state index < -0.39 is 0 Å². The van der Waals surface area contributed by atoms with Crippen molar-refractivity contribution >= 4 is 65.6 Å². The predicted octanol–water partition coefficient (Wildman–Crippen LogP) is 13.1. The van der Waals surface area contributed by atoms with E-state index in [0.717, 1.165) is 33.3 Å². The Morgan fingerprint density at radius 2 is 0.784 bits per heavy atom. The second-order valence-corrected chi connectivity index (χ2v) is 13.4. The molecule has 0 fully saturated rings. The molecule has 0 aliphatic carbocycles. The summed E-state index contributed by atoms with van der Waals surface area (Å²) in [6.07, 6.45) is 0. The Labute approximate surface area is 293 Å². The number of rotatable bonds is 4. The van der Waals surface area contributed by atoms with Crippen LogP contribution in [0.3, 0.4) is 0 Å². The van der Waals surface area contributed by atoms with Crippen LogP contribution >= 0.6 is 0 Å². The summed E-state index contributed by atoms with van der Waals surface area (Å²) >= 11 is 0. The minimum atomic E-state index is 0.895. The van der Waals surface area contributed by atoms with E-state index >= 15 is 0 Å². The minimum absolute atomic E-state index is 0.895. The van der Waals surface area contributed by atoms with Crippen LogP contribution in [0.4, 0.5) is 0 Å². The third kappa shape index (κ3) is 4.25. The van der Waals surface area contributed by atoms with Crippen LogP contribution in [-0.4, -0.2) is 9.13 Å². The Morgan fingerprint density at radius 3 is 1.47 bits per heavy atom. The number of fused-ring (bicyclic) bond motifs is 9. The number of aromatic nitrogens is 2. The number of furan rings is 1. The first kappa shape index (κ1) is 28.0. The lowest BCUT2D eigenvalue weighted by molar-refractivity contribution is 0.668. The lowest BCUT2D eigenvalue weighted by Gasteiger charge is -2.11. The van der Waals surface area contributed by atoms with E-state index in [9.17, 15) is 0 Å². The highest BCUT2D eigenvalue weighted by Crippen LogP contribution is 2.41. The van der Waals surface area contributed by atoms with Gasteiger partial charge in [0, 0.05) is 49.8 Å². The summed E-state index contributed by atoms with van der Waals surface area (Å²) in [4.78, 5) is 0. The predicted molar refractivity (Wildman–Crippen MR) is 213 cm³/mol. The van der Waals surface area contributed by atoms with Crippen molar-refractivity contribution in [2.45, 2.75) is 0 Å². The lowest BCUT2D eigenvalue weighted by Crippen LogP contribution is -1.95. The summed E-state index contributed by atoms with van der Waals surface area (Å²) < 4.78 is 11.2. The molecule has 0 saturated heterocycles. The van der Waals surface area contributed by atoms with Gasteiger partial charge >= 0.3 is 0 Å². The Morgan fingerprint density at radius 1 is 0.275 bits per heavy atom. The molecule has 0 atom stereocenters. The highest BCUT2D eigenvalue weighted by Gasteiger charge is 2.19. The fourth-order valence-electron chi connectivity index (χ4n) is 8.15. The Balaban J connectivity index is 1.12. The van der Waals surface area contributed by atoms with Crippen LogP contribution in [0.15, 0.2) is 186 Å². The number of hydrogen-bond acceptors (Lipinski definition) is 1. The van der Waals surface area contributed by atoms with Crippen LogP contribution < -0.4 is 0 Å². The van der Waals surface area contributed by atoms with Crippen molar-refractivity contribution in [3.05, 3.63) is 182 Å². The van der Waals surface area contributed by atoms with E-state index in [4.69, 9.17) is 4.42 Å². The van der Waals surface area contributed by atoms with Gasteiger partial charge in [0.2, 0.25) is 0 Å². The van der Waals surface area contributed by atoms with E-state index in [0.29, 0.717) is 0 Å². The molecule has 0 saturated carbocycles. The molecule has 0 aliphatic heterocycles. The zero-order valence-corrected chi connectivity index (χ0v) is 27.6. The molecular weight excluding hydrogens is 621 g/mol. The lowest BCUT2D eigenvalue weighted by atomic mass is 10.00. The third-order valence-corrected chi connectivity index (χ3v) is 10.5. The van der Waals surface area contributed by atoms with Gasteiger partial charge in [0.1, 0.15) is 11.2 Å². The van der Waals surface area contributed by atoms with Gasteiger partial charge in [-0.3, -0.25) is 0 Å². The maximum Gasteiger partial charge on any atom is 0.137 e. The molecule has 11 aromatic rings. The zero-order valence-electron chi connectivity index (χ0n) is 27.6. The van der Waals surface area contributed by atoms with Gasteiger partial charge < -0.3 is 13.6 Å². The normalized spacial score (nSPS) is 11.9. The number of nitrogens with zero attached hydrogens (tertiary/aromatic N) is 2. The number of hydrogen-bond donors (Lipinski definition) is 0. The van der Waals surface area contributed by atoms with Crippen molar-refractivity contribution in [2.24, 2.45) is 0 Å². The van der Waals surface area contributed by atoms with Gasteiger partial charge in [-0.1, -0.05) is 121 Å². The summed E-state index contributed by atoms with van der Waals surface area (Å²) in [7, 11) is 0. The van der Waals surface area contributed by atoms with E-state index in [1.54, 1.807) is 0 Å². The first-order chi connectivity index (χ1) is 25.3. The van der Waals surface area contributed by atoms with E-state index in [2.05, 4.69) is 179 Å². The molecule has 0 radical (unpaired) electrons. The van der Waals surface area contributed by atoms with Gasteiger partial charge in [-0.25, -0.2) is 0 Å². The molecule has 238 valence electrons. The summed E-state index contributed by atoms with van der Waals surface area (Å²) in [6, 6.07) is 65.5. The summed E-state index contributed by atoms with van der Waals surface area (Å²) in [5.74, 6) is 0. The SMILES string of the molecule is c1ccc(-c2ccc(-c3cccc(-n4c5ccccc5c5cc6c(cc54)c4ccccc4n6-c4ccc5c(c4)oc4ccccc45)c3)cc2)cc1. The number of benzene rings is 8. The van der Waals surface area contributed by atoms with Gasteiger partial charge in [-0.2, -0.15) is 0 Å². The average Bonchev–Trinajstić information content (AvgIpc) is 3.84. The van der Waals surface area contributed by atoms with Crippen LogP contribution in [0.5, 0.6) is 0 Å². The molecule has 0 amide bonds. The maximum atomic E-state index is 6.35. The van der Waals surface area contributed by atoms with Crippen molar-refractivity contribution in [1.82, 2.24) is 9.13 Å². The molecule has 51 heavy (non-hydrogen) atoms. The smallest absolute Gasteiger partial charge is 0.137 e. The second-order valence-electron chi connectivity index (χ2n) is 13.4. The van der Waals surface area contributed by atoms with Crippen LogP contribution in [-0.2, 0) is 0 Å². The first-order valence-corrected chi connectivity index (χ1v) is 17.4. The highest BCUT2D eigenvalue weighted by atomic mass is 16.3. The molecule has 11 rings (SSSR count). The molecule has 3 aromatic heterocycles. The largest absolute Gasteiger partial charge is 0.456 e. The summed E-state index contributed by atoms with van der Waals surface area (Å²) in [6.45, 7) is 0. The molecule has 8 aromatic carbocycles. The van der Waals surface area contributed by atoms with Crippen LogP contribution in [0, 0.1) is 0 Å². The molecule has 3 heterocycles. The first-order valence-electron chi connectivity index (χ1n) is 17.4. The molecule has 0 bridgehead atoms. The van der Waals surface area contributed by atoms with E-state index in [-0.39, 0.29) is 0 Å². The fraction of sp³-hybridized carbons (Fsp3) is 0. The highest BCUT2D eigenvalue weighted by molar-refractivity contribution is 6.19. The van der Waals surface area contributed by atoms with E-state index in [1.165, 1.54) is 65.9 Å². The second kappa shape index (κ2) is 10.8. The van der Waals surface area contributed by atoms with Crippen molar-refractivity contribution in [1.29, 1.82) is 0 Å². The molecule has 0 unspecified atom stereocenters. The topological polar surface area (TPSA) is 23.0 Å². The third-order valence-electron chi connectivity index (χ3n) is 10.5. The van der Waals surface area contributed by atoms with Crippen LogP contribution in [0.2, 0.25) is 0 Å². The Bertz CT molecular complexity index is 3120. The van der Waals surface area contributed by atoms with Gasteiger partial charge in [0.15, 0.2) is 0 Å². The Hall–Kier alpha value is -6.84. The standard InChI is InChI=1S/C48H30N2O/c1-2-11-31(12-3-1)32-21-23-33(24-22-32)34-13-10-14-35(27-34)49-43-18-7-4-15-37(43)41-30-46-42(29-45(41)49)38-16-5-8-19-44(38)50(46)36-25-26-40-39-17-6-9-20-47(39)51-48(40)28-36/h1-30H. The van der Waals surface area contributed by atoms with Gasteiger partial charge in [0.25, 0.3) is 0 Å². The van der Waals surface area contributed by atoms with Crippen molar-refractivity contribution < 1.29 is 4.42 Å². The van der Waals surface area contributed by atoms with Crippen molar-refractivity contribution in [3.63, 3.8) is 0 Å². The van der Waals surface area contributed by atoms with Gasteiger partial charge in [-0.15, -0.1) is 0 Å². The number of para-hydroxylation sites is 3. The summed E-state index contributed by atoms with van der Waals surface area (Å²) in [5, 5.41) is 7.18. The Kier molecular flexibility index (Phi) is 5.96. The monoisotopic (exact) mass is 650 g/mol. The molecule has 3 heteroatoms. The van der Waals surface area contributed by atoms with Gasteiger partial charge in [0.05, 0.1) is 22.1 Å². The molecule has 0 N–H and O–H groups in total. The van der Waals surface area contributed by atoms with Crippen molar-refractivity contribution in [3.8, 4) is 33.6 Å². The minimum Gasteiger partial charge on any atom is -0.456 e.